The lowest BCUT2D eigenvalue weighted by Crippen LogP contribution is -2.39. The third-order valence-corrected chi connectivity index (χ3v) is 5.07. The van der Waals surface area contributed by atoms with Gasteiger partial charge in [0.25, 0.3) is 5.91 Å². The van der Waals surface area contributed by atoms with Crippen molar-refractivity contribution in [3.05, 3.63) is 35.4 Å². The fraction of sp³-hybridized carbons (Fsp3) is 0.632. The number of carbonyl (C=O) groups is 1. The monoisotopic (exact) mass is 317 g/mol. The first kappa shape index (κ1) is 16.5. The Kier molecular flexibility index (Phi) is 5.34. The third-order valence-electron chi connectivity index (χ3n) is 5.07. The van der Waals surface area contributed by atoms with E-state index in [0.717, 1.165) is 32.3 Å². The van der Waals surface area contributed by atoms with Gasteiger partial charge >= 0.3 is 0 Å². The van der Waals surface area contributed by atoms with Gasteiger partial charge in [-0.3, -0.25) is 4.79 Å². The predicted octanol–water partition coefficient (Wildman–Crippen LogP) is 3.11. The van der Waals surface area contributed by atoms with Crippen LogP contribution in [0.4, 0.5) is 0 Å². The number of hydrogen-bond acceptors (Lipinski definition) is 3. The molecule has 0 radical (unpaired) electrons. The summed E-state index contributed by atoms with van der Waals surface area (Å²) in [5.74, 6) is 0.0579. The SMILES string of the molecule is C[C@H](OC[C@@H]1CCCCO1)C(=O)N(C)[C@@H]1CCc2ccccc21. The molecule has 0 saturated carbocycles. The molecule has 1 aromatic rings. The number of benzene rings is 1. The largest absolute Gasteiger partial charge is 0.376 e. The summed E-state index contributed by atoms with van der Waals surface area (Å²) in [5.41, 5.74) is 2.65. The van der Waals surface area contributed by atoms with E-state index < -0.39 is 6.10 Å². The summed E-state index contributed by atoms with van der Waals surface area (Å²) >= 11 is 0. The van der Waals surface area contributed by atoms with Gasteiger partial charge in [0.05, 0.1) is 18.8 Å². The number of carbonyl (C=O) groups excluding carboxylic acids is 1. The summed E-state index contributed by atoms with van der Waals surface area (Å²) in [6, 6.07) is 8.59. The molecule has 1 aliphatic carbocycles. The second kappa shape index (κ2) is 7.45. The molecule has 4 heteroatoms. The van der Waals surface area contributed by atoms with Gasteiger partial charge in [0.1, 0.15) is 6.10 Å². The molecule has 1 aliphatic heterocycles. The first-order chi connectivity index (χ1) is 11.2. The zero-order chi connectivity index (χ0) is 16.2. The number of aryl methyl sites for hydroxylation is 1. The Morgan fingerprint density at radius 1 is 1.35 bits per heavy atom. The third kappa shape index (κ3) is 3.75. The minimum Gasteiger partial charge on any atom is -0.376 e. The standard InChI is InChI=1S/C19H27NO3/c1-14(23-13-16-8-5-6-12-22-16)19(21)20(2)18-11-10-15-7-3-4-9-17(15)18/h3-4,7,9,14,16,18H,5-6,8,10-13H2,1-2H3/t14-,16-,18+/m0/s1. The molecule has 1 fully saturated rings. The Balaban J connectivity index is 1.54. The summed E-state index contributed by atoms with van der Waals surface area (Å²) in [5, 5.41) is 0. The number of nitrogens with zero attached hydrogens (tertiary/aromatic N) is 1. The second-order valence-electron chi connectivity index (χ2n) is 6.67. The molecule has 4 nitrogen and oxygen atoms in total. The van der Waals surface area contributed by atoms with Crippen molar-refractivity contribution in [3.63, 3.8) is 0 Å². The van der Waals surface area contributed by atoms with Gasteiger partial charge in [-0.25, -0.2) is 0 Å². The second-order valence-corrected chi connectivity index (χ2v) is 6.67. The van der Waals surface area contributed by atoms with Crippen LogP contribution < -0.4 is 0 Å². The minimum absolute atomic E-state index is 0.0579. The lowest BCUT2D eigenvalue weighted by atomic mass is 10.1. The van der Waals surface area contributed by atoms with Crippen LogP contribution in [0.2, 0.25) is 0 Å². The van der Waals surface area contributed by atoms with Crippen LogP contribution in [0.5, 0.6) is 0 Å². The molecule has 0 N–H and O–H groups in total. The Labute approximate surface area is 138 Å². The van der Waals surface area contributed by atoms with Crippen molar-refractivity contribution in [1.29, 1.82) is 0 Å². The van der Waals surface area contributed by atoms with Gasteiger partial charge in [-0.05, 0) is 50.2 Å². The smallest absolute Gasteiger partial charge is 0.251 e. The maximum absolute atomic E-state index is 12.7. The van der Waals surface area contributed by atoms with E-state index in [1.54, 1.807) is 0 Å². The van der Waals surface area contributed by atoms with Crippen LogP contribution in [0.25, 0.3) is 0 Å². The van der Waals surface area contributed by atoms with E-state index in [2.05, 4.69) is 24.3 Å². The van der Waals surface area contributed by atoms with E-state index in [1.165, 1.54) is 17.5 Å². The Morgan fingerprint density at radius 2 is 2.17 bits per heavy atom. The summed E-state index contributed by atoms with van der Waals surface area (Å²) in [4.78, 5) is 14.5. The highest BCUT2D eigenvalue weighted by atomic mass is 16.5. The number of amides is 1. The minimum atomic E-state index is -0.418. The van der Waals surface area contributed by atoms with Crippen molar-refractivity contribution < 1.29 is 14.3 Å². The normalized spacial score (nSPS) is 25.0. The van der Waals surface area contributed by atoms with Gasteiger partial charge in [-0.1, -0.05) is 24.3 Å². The molecule has 0 bridgehead atoms. The topological polar surface area (TPSA) is 38.8 Å². The first-order valence-corrected chi connectivity index (χ1v) is 8.74. The van der Waals surface area contributed by atoms with Gasteiger partial charge in [-0.15, -0.1) is 0 Å². The fourth-order valence-electron chi connectivity index (χ4n) is 3.64. The molecule has 126 valence electrons. The molecule has 3 rings (SSSR count). The van der Waals surface area contributed by atoms with E-state index in [4.69, 9.17) is 9.47 Å². The Hall–Kier alpha value is -1.39. The molecule has 0 aromatic heterocycles. The molecular formula is C19H27NO3. The van der Waals surface area contributed by atoms with Gasteiger partial charge in [0, 0.05) is 13.7 Å². The number of likely N-dealkylation sites (N-methyl/N-ethyl adjacent to an activating group) is 1. The lowest BCUT2D eigenvalue weighted by Gasteiger charge is -2.29. The van der Waals surface area contributed by atoms with Gasteiger partial charge < -0.3 is 14.4 Å². The number of ether oxygens (including phenoxy) is 2. The molecule has 0 spiro atoms. The van der Waals surface area contributed by atoms with Gasteiger partial charge in [0.2, 0.25) is 0 Å². The van der Waals surface area contributed by atoms with E-state index in [0.29, 0.717) is 6.61 Å². The van der Waals surface area contributed by atoms with E-state index in [9.17, 15) is 4.79 Å². The van der Waals surface area contributed by atoms with Crippen molar-refractivity contribution in [2.24, 2.45) is 0 Å². The summed E-state index contributed by atoms with van der Waals surface area (Å²) in [6.07, 6.45) is 5.13. The highest BCUT2D eigenvalue weighted by molar-refractivity contribution is 5.81. The molecule has 0 unspecified atom stereocenters. The molecular weight excluding hydrogens is 290 g/mol. The van der Waals surface area contributed by atoms with Crippen LogP contribution in [-0.2, 0) is 20.7 Å². The van der Waals surface area contributed by atoms with E-state index >= 15 is 0 Å². The molecule has 1 amide bonds. The Bertz CT molecular complexity index is 539. The molecule has 23 heavy (non-hydrogen) atoms. The van der Waals surface area contributed by atoms with Crippen molar-refractivity contribution in [1.82, 2.24) is 4.90 Å². The Morgan fingerprint density at radius 3 is 2.96 bits per heavy atom. The van der Waals surface area contributed by atoms with E-state index in [-0.39, 0.29) is 18.1 Å². The van der Waals surface area contributed by atoms with E-state index in [1.807, 2.05) is 18.9 Å². The first-order valence-electron chi connectivity index (χ1n) is 8.74. The van der Waals surface area contributed by atoms with Crippen LogP contribution in [-0.4, -0.2) is 43.3 Å². The molecule has 2 aliphatic rings. The number of hydrogen-bond donors (Lipinski definition) is 0. The van der Waals surface area contributed by atoms with Gasteiger partial charge in [-0.2, -0.15) is 0 Å². The van der Waals surface area contributed by atoms with Crippen molar-refractivity contribution in [3.8, 4) is 0 Å². The predicted molar refractivity (Wildman–Crippen MR) is 89.3 cm³/mol. The molecule has 1 heterocycles. The lowest BCUT2D eigenvalue weighted by molar-refractivity contribution is -0.147. The average molecular weight is 317 g/mol. The van der Waals surface area contributed by atoms with Crippen molar-refractivity contribution in [2.75, 3.05) is 20.3 Å². The van der Waals surface area contributed by atoms with Crippen LogP contribution >= 0.6 is 0 Å². The number of fused-ring (bicyclic) bond motifs is 1. The summed E-state index contributed by atoms with van der Waals surface area (Å²) < 4.78 is 11.5. The molecule has 1 saturated heterocycles. The summed E-state index contributed by atoms with van der Waals surface area (Å²) in [6.45, 7) is 3.18. The maximum Gasteiger partial charge on any atom is 0.251 e. The summed E-state index contributed by atoms with van der Waals surface area (Å²) in [7, 11) is 1.89. The molecule has 3 atom stereocenters. The van der Waals surface area contributed by atoms with Crippen LogP contribution in [0.3, 0.4) is 0 Å². The van der Waals surface area contributed by atoms with Crippen molar-refractivity contribution in [2.45, 2.75) is 57.3 Å². The van der Waals surface area contributed by atoms with Crippen LogP contribution in [0.1, 0.15) is 49.8 Å². The fourth-order valence-corrected chi connectivity index (χ4v) is 3.64. The van der Waals surface area contributed by atoms with Crippen LogP contribution in [0, 0.1) is 0 Å². The number of rotatable bonds is 5. The maximum atomic E-state index is 12.7. The van der Waals surface area contributed by atoms with Crippen LogP contribution in [0.15, 0.2) is 24.3 Å². The van der Waals surface area contributed by atoms with Crippen molar-refractivity contribution >= 4 is 5.91 Å². The zero-order valence-electron chi connectivity index (χ0n) is 14.2. The average Bonchev–Trinajstić information content (AvgIpc) is 3.03. The van der Waals surface area contributed by atoms with Gasteiger partial charge in [0.15, 0.2) is 0 Å². The zero-order valence-corrected chi connectivity index (χ0v) is 14.2. The highest BCUT2D eigenvalue weighted by Gasteiger charge is 2.31. The quantitative estimate of drug-likeness (QED) is 0.837. The highest BCUT2D eigenvalue weighted by Crippen LogP contribution is 2.35. The molecule has 1 aromatic carbocycles.